The predicted molar refractivity (Wildman–Crippen MR) is 243 cm³/mol. The molecule has 1 aromatic carbocycles. The number of nitriles is 2. The summed E-state index contributed by atoms with van der Waals surface area (Å²) in [7, 11) is 0. The molecule has 1 atom stereocenters. The van der Waals surface area contributed by atoms with Crippen LogP contribution in [0.15, 0.2) is 47.2 Å². The van der Waals surface area contributed by atoms with Gasteiger partial charge in [0.15, 0.2) is 5.92 Å². The molecule has 1 aliphatic heterocycles. The first-order valence-electron chi connectivity index (χ1n) is 23.7. The molecule has 0 aromatic heterocycles. The topological polar surface area (TPSA) is 205 Å². The molecule has 0 saturated heterocycles. The fourth-order valence-corrected chi connectivity index (χ4v) is 13.2. The molecule has 0 N–H and O–H groups in total. The van der Waals surface area contributed by atoms with E-state index >= 15 is 0 Å². The number of carbonyl (C=O) groups is 6. The second kappa shape index (κ2) is 25.4. The van der Waals surface area contributed by atoms with Crippen LogP contribution in [0.5, 0.6) is 11.5 Å². The van der Waals surface area contributed by atoms with Gasteiger partial charge in [0.1, 0.15) is 24.7 Å². The van der Waals surface area contributed by atoms with Gasteiger partial charge in [0.25, 0.3) is 0 Å². The van der Waals surface area contributed by atoms with Crippen LogP contribution in [0.1, 0.15) is 116 Å². The van der Waals surface area contributed by atoms with Crippen molar-refractivity contribution in [2.24, 2.45) is 53.3 Å². The Bertz CT molecular complexity index is 1980. The summed E-state index contributed by atoms with van der Waals surface area (Å²) >= 11 is 2.57. The molecule has 14 nitrogen and oxygen atoms in total. The quantitative estimate of drug-likeness (QED) is 0.0416. The zero-order valence-corrected chi connectivity index (χ0v) is 39.3. The van der Waals surface area contributed by atoms with E-state index in [1.807, 2.05) is 0 Å². The predicted octanol–water partition coefficient (Wildman–Crippen LogP) is 9.24. The van der Waals surface area contributed by atoms with Crippen molar-refractivity contribution < 1.29 is 57.2 Å². The maximum atomic E-state index is 13.7. The van der Waals surface area contributed by atoms with Gasteiger partial charge in [-0.05, 0) is 151 Å². The van der Waals surface area contributed by atoms with Crippen LogP contribution < -0.4 is 9.47 Å². The van der Waals surface area contributed by atoms with Crippen molar-refractivity contribution in [1.82, 2.24) is 0 Å². The van der Waals surface area contributed by atoms with Crippen molar-refractivity contribution in [3.63, 3.8) is 0 Å². The van der Waals surface area contributed by atoms with Crippen molar-refractivity contribution in [2.45, 2.75) is 130 Å². The van der Waals surface area contributed by atoms with E-state index in [0.29, 0.717) is 90.1 Å². The number of ether oxygens (including phenoxy) is 6. The van der Waals surface area contributed by atoms with Gasteiger partial charge >= 0.3 is 35.8 Å². The zero-order chi connectivity index (χ0) is 47.0. The second-order valence-electron chi connectivity index (χ2n) is 18.1. The Morgan fingerprint density at radius 1 is 0.515 bits per heavy atom. The summed E-state index contributed by atoms with van der Waals surface area (Å²) in [5, 5.41) is 19.5. The van der Waals surface area contributed by atoms with Gasteiger partial charge in [-0.25, -0.2) is 9.59 Å². The number of carbonyl (C=O) groups excluding carboxylic acids is 6. The molecule has 66 heavy (non-hydrogen) atoms. The fraction of sp³-hybridized carbons (Fsp3) is 0.640. The highest BCUT2D eigenvalue weighted by atomic mass is 32.2. The summed E-state index contributed by atoms with van der Waals surface area (Å²) < 4.78 is 32.3. The van der Waals surface area contributed by atoms with Gasteiger partial charge in [-0.15, -0.1) is 23.5 Å². The molecule has 356 valence electrons. The van der Waals surface area contributed by atoms with Crippen LogP contribution in [0.3, 0.4) is 0 Å². The highest BCUT2D eigenvalue weighted by Gasteiger charge is 2.40. The monoisotopic (exact) mass is 946 g/mol. The van der Waals surface area contributed by atoms with E-state index in [1.165, 1.54) is 23.5 Å². The third kappa shape index (κ3) is 13.9. The summed E-state index contributed by atoms with van der Waals surface area (Å²) in [5.41, 5.74) is 0. The minimum absolute atomic E-state index is 0.00130. The Morgan fingerprint density at radius 3 is 1.20 bits per heavy atom. The van der Waals surface area contributed by atoms with Crippen LogP contribution in [-0.2, 0) is 47.7 Å². The largest absolute Gasteiger partial charge is 0.465 e. The van der Waals surface area contributed by atoms with Gasteiger partial charge in [0.2, 0.25) is 0 Å². The zero-order valence-electron chi connectivity index (χ0n) is 37.7. The lowest BCUT2D eigenvalue weighted by atomic mass is 9.69. The lowest BCUT2D eigenvalue weighted by Gasteiger charge is -2.36. The summed E-state index contributed by atoms with van der Waals surface area (Å²) in [6.07, 6.45) is 16.6. The third-order valence-electron chi connectivity index (χ3n) is 14.2. The first kappa shape index (κ1) is 50.6. The average molecular weight is 947 g/mol. The molecular weight excluding hydrogens is 885 g/mol. The number of fused-ring (bicyclic) bond motifs is 1. The normalized spacial score (nSPS) is 27.1. The van der Waals surface area contributed by atoms with Crippen LogP contribution in [0.4, 0.5) is 0 Å². The standard InChI is InChI=1S/C50H62N2O12S2/c1-3-42(53)59-25-5-6-26-61-46(55)35-15-7-31(8-16-35)33-11-19-37(20-12-33)48(57)63-40-23-24-41(45-44(40)65-50(66-45)39(29-51)30-52)64-49(58)38-21-13-34(14-22-38)32-9-17-36(18-10-32)47(56)62-28-27-60-43(54)4-2/h3-4,23-24,31-39,50H,1-2,5-22,25-28H2. The highest BCUT2D eigenvalue weighted by Crippen LogP contribution is 2.58. The molecule has 6 rings (SSSR count). The lowest BCUT2D eigenvalue weighted by molar-refractivity contribution is -0.154. The molecule has 1 aromatic rings. The molecule has 4 saturated carbocycles. The molecular formula is C50H62N2O12S2. The smallest absolute Gasteiger partial charge is 0.330 e. The fourth-order valence-electron chi connectivity index (χ4n) is 10.3. The lowest BCUT2D eigenvalue weighted by Crippen LogP contribution is -2.32. The second-order valence-corrected chi connectivity index (χ2v) is 20.7. The van der Waals surface area contributed by atoms with Crippen molar-refractivity contribution in [3.05, 3.63) is 37.4 Å². The van der Waals surface area contributed by atoms with Crippen LogP contribution in [0.25, 0.3) is 0 Å². The van der Waals surface area contributed by atoms with Crippen LogP contribution in [-0.4, -0.2) is 66.8 Å². The van der Waals surface area contributed by atoms with Gasteiger partial charge in [-0.2, -0.15) is 10.5 Å². The van der Waals surface area contributed by atoms with Crippen molar-refractivity contribution >= 4 is 59.3 Å². The minimum atomic E-state index is -0.938. The molecule has 0 amide bonds. The van der Waals surface area contributed by atoms with E-state index in [9.17, 15) is 39.3 Å². The van der Waals surface area contributed by atoms with E-state index in [4.69, 9.17) is 28.4 Å². The Hall–Kier alpha value is -4.80. The number of benzene rings is 1. The SMILES string of the molecule is C=CC(=O)OCCCCOC(=O)C1CCC(C2CCC(C(=O)Oc3ccc(OC(=O)C4CCC(C5CCC(C(=O)OCCOC(=O)C=C)CC5)CC4)c4c3SC(C(C#N)C#N)S4)CC2)CC1. The molecule has 1 heterocycles. The summed E-state index contributed by atoms with van der Waals surface area (Å²) in [6, 6.07) is 7.44. The molecule has 16 heteroatoms. The molecule has 1 unspecified atom stereocenters. The number of rotatable bonds is 19. The van der Waals surface area contributed by atoms with Crippen LogP contribution in [0.2, 0.25) is 0 Å². The first-order chi connectivity index (χ1) is 32.0. The Morgan fingerprint density at radius 2 is 0.833 bits per heavy atom. The van der Waals surface area contributed by atoms with Crippen molar-refractivity contribution in [1.29, 1.82) is 10.5 Å². The average Bonchev–Trinajstić information content (AvgIpc) is 3.81. The Balaban J connectivity index is 0.942. The molecule has 4 aliphatic carbocycles. The number of hydrogen-bond donors (Lipinski definition) is 0. The summed E-state index contributed by atoms with van der Waals surface area (Å²) in [4.78, 5) is 76.1. The molecule has 5 aliphatic rings. The number of unbranched alkanes of at least 4 members (excludes halogenated alkanes) is 1. The van der Waals surface area contributed by atoms with Gasteiger partial charge in [0.05, 0.1) is 63.4 Å². The Kier molecular flexibility index (Phi) is 19.5. The van der Waals surface area contributed by atoms with Gasteiger partial charge in [0, 0.05) is 12.2 Å². The van der Waals surface area contributed by atoms with Crippen LogP contribution >= 0.6 is 23.5 Å². The van der Waals surface area contributed by atoms with E-state index in [0.717, 1.165) is 89.2 Å². The Labute approximate surface area is 396 Å². The van der Waals surface area contributed by atoms with Crippen LogP contribution in [0, 0.1) is 75.9 Å². The van der Waals surface area contributed by atoms with E-state index in [1.54, 1.807) is 12.1 Å². The molecule has 4 fully saturated rings. The first-order valence-corrected chi connectivity index (χ1v) is 25.4. The van der Waals surface area contributed by atoms with E-state index in [-0.39, 0.29) is 67.4 Å². The number of esters is 6. The van der Waals surface area contributed by atoms with E-state index in [2.05, 4.69) is 25.3 Å². The maximum absolute atomic E-state index is 13.7. The maximum Gasteiger partial charge on any atom is 0.330 e. The summed E-state index contributed by atoms with van der Waals surface area (Å²) in [6.45, 7) is 7.31. The van der Waals surface area contributed by atoms with Crippen molar-refractivity contribution in [3.8, 4) is 23.6 Å². The third-order valence-corrected chi connectivity index (χ3v) is 17.2. The molecule has 0 radical (unpaired) electrons. The molecule has 0 spiro atoms. The van der Waals surface area contributed by atoms with E-state index < -0.39 is 22.4 Å². The number of thioether (sulfide) groups is 2. The van der Waals surface area contributed by atoms with Crippen molar-refractivity contribution in [2.75, 3.05) is 26.4 Å². The van der Waals surface area contributed by atoms with Gasteiger partial charge < -0.3 is 28.4 Å². The highest BCUT2D eigenvalue weighted by molar-refractivity contribution is 8.19. The number of nitrogens with zero attached hydrogens (tertiary/aromatic N) is 2. The van der Waals surface area contributed by atoms with Gasteiger partial charge in [-0.3, -0.25) is 19.2 Å². The number of hydrogen-bond acceptors (Lipinski definition) is 16. The molecule has 0 bridgehead atoms. The minimum Gasteiger partial charge on any atom is -0.465 e. The van der Waals surface area contributed by atoms with Gasteiger partial charge in [-0.1, -0.05) is 13.2 Å². The summed E-state index contributed by atoms with van der Waals surface area (Å²) in [5.74, 6) is -1.22.